The lowest BCUT2D eigenvalue weighted by Crippen LogP contribution is -2.44. The molecule has 1 aromatic carbocycles. The van der Waals surface area contributed by atoms with Crippen LogP contribution in [-0.2, 0) is 15.0 Å². The summed E-state index contributed by atoms with van der Waals surface area (Å²) in [6.45, 7) is 2.36. The van der Waals surface area contributed by atoms with E-state index in [0.29, 0.717) is 6.54 Å². The number of hydrogen-bond donors (Lipinski definition) is 2. The standard InChI is InChI=1S/C17H21NO4/c1-16(6-7-16)11-18(10-14(20)21)15(22)17(8-9-17)12-2-4-13(19)5-3-12/h2-5,19H,6-11H2,1H3,(H,20,21). The molecule has 2 N–H and O–H groups in total. The lowest BCUT2D eigenvalue weighted by molar-refractivity contribution is -0.146. The number of carbonyl (C=O) groups is 2. The minimum Gasteiger partial charge on any atom is -0.508 e. The highest BCUT2D eigenvalue weighted by Gasteiger charge is 2.54. The lowest BCUT2D eigenvalue weighted by atomic mass is 9.93. The number of phenols is 1. The van der Waals surface area contributed by atoms with Crippen LogP contribution in [0.4, 0.5) is 0 Å². The Labute approximate surface area is 129 Å². The molecule has 0 radical (unpaired) electrons. The number of hydrogen-bond acceptors (Lipinski definition) is 3. The topological polar surface area (TPSA) is 77.8 Å². The van der Waals surface area contributed by atoms with E-state index in [1.807, 2.05) is 0 Å². The zero-order valence-corrected chi connectivity index (χ0v) is 12.7. The average molecular weight is 303 g/mol. The number of nitrogens with zero attached hydrogens (tertiary/aromatic N) is 1. The molecule has 0 spiro atoms. The summed E-state index contributed by atoms with van der Waals surface area (Å²) in [4.78, 5) is 25.6. The van der Waals surface area contributed by atoms with Crippen molar-refractivity contribution in [2.45, 2.75) is 38.0 Å². The van der Waals surface area contributed by atoms with Crippen LogP contribution in [0.25, 0.3) is 0 Å². The molecule has 1 amide bonds. The predicted octanol–water partition coefficient (Wildman–Crippen LogP) is 2.14. The molecule has 2 aliphatic carbocycles. The van der Waals surface area contributed by atoms with Crippen LogP contribution in [0.3, 0.4) is 0 Å². The van der Waals surface area contributed by atoms with Crippen molar-refractivity contribution in [2.24, 2.45) is 5.41 Å². The normalized spacial score (nSPS) is 20.2. The van der Waals surface area contributed by atoms with Crippen LogP contribution in [0.2, 0.25) is 0 Å². The van der Waals surface area contributed by atoms with Crippen LogP contribution < -0.4 is 0 Å². The minimum absolute atomic E-state index is 0.0795. The van der Waals surface area contributed by atoms with Crippen molar-refractivity contribution in [3.8, 4) is 5.75 Å². The van der Waals surface area contributed by atoms with Crippen LogP contribution in [0, 0.1) is 5.41 Å². The Balaban J connectivity index is 1.82. The smallest absolute Gasteiger partial charge is 0.323 e. The number of carbonyl (C=O) groups excluding carboxylic acids is 1. The first kappa shape index (κ1) is 14.9. The first-order valence-electron chi connectivity index (χ1n) is 7.65. The van der Waals surface area contributed by atoms with Gasteiger partial charge in [0.05, 0.1) is 5.41 Å². The Kier molecular flexibility index (Phi) is 3.38. The Morgan fingerprint density at radius 3 is 2.18 bits per heavy atom. The van der Waals surface area contributed by atoms with Gasteiger partial charge in [-0.15, -0.1) is 0 Å². The van der Waals surface area contributed by atoms with E-state index in [-0.39, 0.29) is 23.6 Å². The van der Waals surface area contributed by atoms with Gasteiger partial charge >= 0.3 is 5.97 Å². The van der Waals surface area contributed by atoms with Crippen LogP contribution >= 0.6 is 0 Å². The number of carboxylic acids is 1. The highest BCUT2D eigenvalue weighted by atomic mass is 16.4. The Bertz CT molecular complexity index is 600. The third-order valence-electron chi connectivity index (χ3n) is 4.87. The highest BCUT2D eigenvalue weighted by Crippen LogP contribution is 2.51. The molecule has 0 saturated heterocycles. The number of rotatable bonds is 6. The maximum absolute atomic E-state index is 13.0. The number of aliphatic carboxylic acids is 1. The highest BCUT2D eigenvalue weighted by molar-refractivity contribution is 5.93. The summed E-state index contributed by atoms with van der Waals surface area (Å²) in [5, 5.41) is 18.5. The maximum atomic E-state index is 13.0. The molecule has 2 aliphatic rings. The SMILES string of the molecule is CC1(CN(CC(=O)O)C(=O)C2(c3ccc(O)cc3)CC2)CC1. The molecule has 0 aliphatic heterocycles. The van der Waals surface area contributed by atoms with Crippen molar-refractivity contribution >= 4 is 11.9 Å². The Morgan fingerprint density at radius 2 is 1.73 bits per heavy atom. The van der Waals surface area contributed by atoms with Gasteiger partial charge in [0.2, 0.25) is 5.91 Å². The molecule has 0 bridgehead atoms. The molecular weight excluding hydrogens is 282 g/mol. The fourth-order valence-electron chi connectivity index (χ4n) is 3.03. The van der Waals surface area contributed by atoms with Gasteiger partial charge in [-0.05, 0) is 48.8 Å². The van der Waals surface area contributed by atoms with E-state index in [0.717, 1.165) is 31.2 Å². The van der Waals surface area contributed by atoms with Crippen molar-refractivity contribution in [1.29, 1.82) is 0 Å². The van der Waals surface area contributed by atoms with E-state index >= 15 is 0 Å². The fraction of sp³-hybridized carbons (Fsp3) is 0.529. The van der Waals surface area contributed by atoms with E-state index in [4.69, 9.17) is 5.11 Å². The summed E-state index contributed by atoms with van der Waals surface area (Å²) >= 11 is 0. The minimum atomic E-state index is -0.973. The van der Waals surface area contributed by atoms with E-state index in [2.05, 4.69) is 6.92 Å². The van der Waals surface area contributed by atoms with E-state index in [9.17, 15) is 14.7 Å². The summed E-state index contributed by atoms with van der Waals surface area (Å²) in [6.07, 6.45) is 3.57. The second kappa shape index (κ2) is 5.00. The molecule has 1 aromatic rings. The largest absolute Gasteiger partial charge is 0.508 e. The van der Waals surface area contributed by atoms with Crippen molar-refractivity contribution in [2.75, 3.05) is 13.1 Å². The maximum Gasteiger partial charge on any atom is 0.323 e. The van der Waals surface area contributed by atoms with E-state index in [1.165, 1.54) is 4.90 Å². The second-order valence-corrected chi connectivity index (χ2v) is 6.99. The number of aromatic hydroxyl groups is 1. The lowest BCUT2D eigenvalue weighted by Gasteiger charge is -2.28. The van der Waals surface area contributed by atoms with Gasteiger partial charge in [0.15, 0.2) is 0 Å². The molecule has 0 atom stereocenters. The van der Waals surface area contributed by atoms with Gasteiger partial charge in [-0.3, -0.25) is 9.59 Å². The van der Waals surface area contributed by atoms with Crippen LogP contribution in [0.1, 0.15) is 38.2 Å². The molecule has 118 valence electrons. The number of benzene rings is 1. The molecule has 5 nitrogen and oxygen atoms in total. The molecule has 2 saturated carbocycles. The second-order valence-electron chi connectivity index (χ2n) is 6.99. The average Bonchev–Trinajstić information content (AvgIpc) is 3.36. The Hall–Kier alpha value is -2.04. The molecule has 0 unspecified atom stereocenters. The molecule has 3 rings (SSSR count). The van der Waals surface area contributed by atoms with Crippen molar-refractivity contribution < 1.29 is 19.8 Å². The zero-order chi connectivity index (χ0) is 16.0. The molecular formula is C17H21NO4. The van der Waals surface area contributed by atoms with E-state index in [1.54, 1.807) is 24.3 Å². The fourth-order valence-corrected chi connectivity index (χ4v) is 3.03. The monoisotopic (exact) mass is 303 g/mol. The third kappa shape index (κ3) is 2.80. The number of carboxylic acid groups (broad SMARTS) is 1. The Morgan fingerprint density at radius 1 is 1.14 bits per heavy atom. The number of amides is 1. The first-order valence-corrected chi connectivity index (χ1v) is 7.65. The van der Waals surface area contributed by atoms with Gasteiger partial charge in [-0.25, -0.2) is 0 Å². The summed E-state index contributed by atoms with van der Waals surface area (Å²) in [5.41, 5.74) is 0.358. The van der Waals surface area contributed by atoms with Gasteiger partial charge < -0.3 is 15.1 Å². The predicted molar refractivity (Wildman–Crippen MR) is 80.6 cm³/mol. The van der Waals surface area contributed by atoms with Crippen molar-refractivity contribution in [1.82, 2.24) is 4.90 Å². The van der Waals surface area contributed by atoms with E-state index < -0.39 is 11.4 Å². The summed E-state index contributed by atoms with van der Waals surface area (Å²) in [6, 6.07) is 6.68. The summed E-state index contributed by atoms with van der Waals surface area (Å²) in [7, 11) is 0. The molecule has 5 heteroatoms. The summed E-state index contributed by atoms with van der Waals surface area (Å²) < 4.78 is 0. The quantitative estimate of drug-likeness (QED) is 0.844. The zero-order valence-electron chi connectivity index (χ0n) is 12.7. The molecule has 22 heavy (non-hydrogen) atoms. The van der Waals surface area contributed by atoms with Gasteiger partial charge in [0.1, 0.15) is 12.3 Å². The van der Waals surface area contributed by atoms with Crippen LogP contribution in [0.15, 0.2) is 24.3 Å². The van der Waals surface area contributed by atoms with Gasteiger partial charge in [0, 0.05) is 6.54 Å². The van der Waals surface area contributed by atoms with Crippen LogP contribution in [-0.4, -0.2) is 40.1 Å². The van der Waals surface area contributed by atoms with Crippen LogP contribution in [0.5, 0.6) is 5.75 Å². The van der Waals surface area contributed by atoms with Crippen molar-refractivity contribution in [3.63, 3.8) is 0 Å². The number of phenolic OH excluding ortho intramolecular Hbond substituents is 1. The third-order valence-corrected chi connectivity index (χ3v) is 4.87. The molecule has 0 heterocycles. The summed E-state index contributed by atoms with van der Waals surface area (Å²) in [5.74, 6) is -0.896. The first-order chi connectivity index (χ1) is 10.3. The van der Waals surface area contributed by atoms with Gasteiger partial charge in [-0.1, -0.05) is 19.1 Å². The van der Waals surface area contributed by atoms with Crippen molar-refractivity contribution in [3.05, 3.63) is 29.8 Å². The molecule has 2 fully saturated rings. The van der Waals surface area contributed by atoms with Gasteiger partial charge in [0.25, 0.3) is 0 Å². The molecule has 0 aromatic heterocycles. The van der Waals surface area contributed by atoms with Gasteiger partial charge in [-0.2, -0.15) is 0 Å².